The molecule has 3 heteroatoms. The lowest BCUT2D eigenvalue weighted by molar-refractivity contribution is -0.137. The Morgan fingerprint density at radius 3 is 2.29 bits per heavy atom. The van der Waals surface area contributed by atoms with Gasteiger partial charge in [0.25, 0.3) is 0 Å². The van der Waals surface area contributed by atoms with Crippen LogP contribution in [0.3, 0.4) is 0 Å². The van der Waals surface area contributed by atoms with Gasteiger partial charge in [-0.25, -0.2) is 0 Å². The van der Waals surface area contributed by atoms with Gasteiger partial charge in [-0.1, -0.05) is 12.1 Å². The normalized spacial score (nSPS) is 11.2. The van der Waals surface area contributed by atoms with Crippen molar-refractivity contribution in [3.8, 4) is 5.75 Å². The largest absolute Gasteiger partial charge is 0.488 e. The van der Waals surface area contributed by atoms with Crippen LogP contribution in [0.1, 0.15) is 39.2 Å². The number of hydrogen-bond acceptors (Lipinski definition) is 2. The van der Waals surface area contributed by atoms with E-state index in [1.165, 1.54) is 0 Å². The highest BCUT2D eigenvalue weighted by atomic mass is 16.5. The second-order valence-corrected chi connectivity index (χ2v) is 5.11. The molecular weight excluding hydrogens is 216 g/mol. The van der Waals surface area contributed by atoms with Crippen LogP contribution in [0.25, 0.3) is 0 Å². The van der Waals surface area contributed by atoms with Gasteiger partial charge in [0.1, 0.15) is 11.4 Å². The van der Waals surface area contributed by atoms with E-state index in [9.17, 15) is 4.79 Å². The first kappa shape index (κ1) is 13.6. The predicted molar refractivity (Wildman–Crippen MR) is 67.4 cm³/mol. The lowest BCUT2D eigenvalue weighted by Crippen LogP contribution is -2.22. The van der Waals surface area contributed by atoms with Gasteiger partial charge in [0.05, 0.1) is 0 Å². The van der Waals surface area contributed by atoms with Crippen LogP contribution in [0.5, 0.6) is 5.75 Å². The van der Waals surface area contributed by atoms with Crippen molar-refractivity contribution in [2.24, 2.45) is 0 Å². The van der Waals surface area contributed by atoms with Crippen LogP contribution in [-0.2, 0) is 11.2 Å². The molecule has 0 atom stereocenters. The van der Waals surface area contributed by atoms with Gasteiger partial charge < -0.3 is 9.84 Å². The SMILES string of the molecule is CC(C)(C)Oc1ccc(CCCC(=O)O)cc1. The predicted octanol–water partition coefficient (Wildman–Crippen LogP) is 3.27. The molecule has 1 rings (SSSR count). The average Bonchev–Trinajstić information content (AvgIpc) is 2.18. The summed E-state index contributed by atoms with van der Waals surface area (Å²) < 4.78 is 5.71. The third-order valence-corrected chi connectivity index (χ3v) is 2.20. The van der Waals surface area contributed by atoms with Crippen LogP contribution in [0.15, 0.2) is 24.3 Å². The Kier molecular flexibility index (Phi) is 4.55. The number of carbonyl (C=O) groups is 1. The fourth-order valence-corrected chi connectivity index (χ4v) is 1.52. The first-order chi connectivity index (χ1) is 7.87. The monoisotopic (exact) mass is 236 g/mol. The number of aliphatic carboxylic acids is 1. The van der Waals surface area contributed by atoms with Gasteiger partial charge in [0.15, 0.2) is 0 Å². The first-order valence-electron chi connectivity index (χ1n) is 5.86. The molecule has 94 valence electrons. The number of aryl methyl sites for hydroxylation is 1. The minimum atomic E-state index is -0.738. The van der Waals surface area contributed by atoms with E-state index in [1.54, 1.807) is 0 Å². The molecular formula is C14H20O3. The highest BCUT2D eigenvalue weighted by molar-refractivity contribution is 5.66. The van der Waals surface area contributed by atoms with Crippen LogP contribution in [-0.4, -0.2) is 16.7 Å². The molecule has 0 aliphatic rings. The van der Waals surface area contributed by atoms with Gasteiger partial charge in [-0.2, -0.15) is 0 Å². The summed E-state index contributed by atoms with van der Waals surface area (Å²) in [4.78, 5) is 10.4. The molecule has 0 amide bonds. The van der Waals surface area contributed by atoms with Crippen LogP contribution in [0.4, 0.5) is 0 Å². The number of benzene rings is 1. The Balaban J connectivity index is 2.47. The van der Waals surface area contributed by atoms with Crippen molar-refractivity contribution < 1.29 is 14.6 Å². The summed E-state index contributed by atoms with van der Waals surface area (Å²) in [5, 5.41) is 8.54. The Labute approximate surface area is 102 Å². The molecule has 0 spiro atoms. The minimum Gasteiger partial charge on any atom is -0.488 e. The smallest absolute Gasteiger partial charge is 0.303 e. The van der Waals surface area contributed by atoms with Crippen LogP contribution in [0.2, 0.25) is 0 Å². The zero-order valence-corrected chi connectivity index (χ0v) is 10.7. The highest BCUT2D eigenvalue weighted by Crippen LogP contribution is 2.19. The van der Waals surface area contributed by atoms with Gasteiger partial charge in [0.2, 0.25) is 0 Å². The maximum Gasteiger partial charge on any atom is 0.303 e. The molecule has 3 nitrogen and oxygen atoms in total. The summed E-state index contributed by atoms with van der Waals surface area (Å²) >= 11 is 0. The number of carboxylic acids is 1. The average molecular weight is 236 g/mol. The summed E-state index contributed by atoms with van der Waals surface area (Å²) in [5.41, 5.74) is 0.956. The number of rotatable bonds is 5. The summed E-state index contributed by atoms with van der Waals surface area (Å²) in [5.74, 6) is 0.108. The highest BCUT2D eigenvalue weighted by Gasteiger charge is 2.11. The van der Waals surface area contributed by atoms with E-state index in [0.29, 0.717) is 6.42 Å². The Hall–Kier alpha value is -1.51. The van der Waals surface area contributed by atoms with E-state index in [1.807, 2.05) is 45.0 Å². The molecule has 1 aromatic rings. The Bertz CT molecular complexity index is 360. The molecule has 0 heterocycles. The van der Waals surface area contributed by atoms with Crippen molar-refractivity contribution in [3.63, 3.8) is 0 Å². The fourth-order valence-electron chi connectivity index (χ4n) is 1.52. The fraction of sp³-hybridized carbons (Fsp3) is 0.500. The standard InChI is InChI=1S/C14H20O3/c1-14(2,3)17-12-9-7-11(8-10-12)5-4-6-13(15)16/h7-10H,4-6H2,1-3H3,(H,15,16). The van der Waals surface area contributed by atoms with E-state index in [-0.39, 0.29) is 12.0 Å². The van der Waals surface area contributed by atoms with Crippen molar-refractivity contribution in [2.45, 2.75) is 45.6 Å². The van der Waals surface area contributed by atoms with Crippen molar-refractivity contribution in [1.29, 1.82) is 0 Å². The Morgan fingerprint density at radius 1 is 1.24 bits per heavy atom. The van der Waals surface area contributed by atoms with Crippen molar-refractivity contribution >= 4 is 5.97 Å². The quantitative estimate of drug-likeness (QED) is 0.853. The van der Waals surface area contributed by atoms with E-state index in [2.05, 4.69) is 0 Å². The molecule has 0 bridgehead atoms. The summed E-state index contributed by atoms with van der Waals surface area (Å²) in [6.45, 7) is 6.02. The molecule has 1 N–H and O–H groups in total. The molecule has 0 saturated carbocycles. The lowest BCUT2D eigenvalue weighted by Gasteiger charge is -2.21. The summed E-state index contributed by atoms with van der Waals surface area (Å²) in [6.07, 6.45) is 1.69. The summed E-state index contributed by atoms with van der Waals surface area (Å²) in [6, 6.07) is 7.84. The molecule has 1 aromatic carbocycles. The maximum atomic E-state index is 10.4. The second kappa shape index (κ2) is 5.71. The zero-order chi connectivity index (χ0) is 12.9. The molecule has 0 fully saturated rings. The molecule has 0 aromatic heterocycles. The van der Waals surface area contributed by atoms with Crippen molar-refractivity contribution in [2.75, 3.05) is 0 Å². The zero-order valence-electron chi connectivity index (χ0n) is 10.7. The minimum absolute atomic E-state index is 0.190. The second-order valence-electron chi connectivity index (χ2n) is 5.11. The van der Waals surface area contributed by atoms with Crippen LogP contribution in [0, 0.1) is 0 Å². The first-order valence-corrected chi connectivity index (χ1v) is 5.86. The topological polar surface area (TPSA) is 46.5 Å². The third-order valence-electron chi connectivity index (χ3n) is 2.20. The van der Waals surface area contributed by atoms with Crippen molar-refractivity contribution in [1.82, 2.24) is 0 Å². The van der Waals surface area contributed by atoms with Gasteiger partial charge >= 0.3 is 5.97 Å². The molecule has 0 unspecified atom stereocenters. The van der Waals surface area contributed by atoms with Crippen molar-refractivity contribution in [3.05, 3.63) is 29.8 Å². The molecule has 0 aliphatic heterocycles. The van der Waals surface area contributed by atoms with Gasteiger partial charge in [0, 0.05) is 6.42 Å². The molecule has 0 saturated heterocycles. The maximum absolute atomic E-state index is 10.4. The van der Waals surface area contributed by atoms with E-state index in [0.717, 1.165) is 17.7 Å². The van der Waals surface area contributed by atoms with Gasteiger partial charge in [-0.3, -0.25) is 4.79 Å². The molecule has 0 aliphatic carbocycles. The van der Waals surface area contributed by atoms with E-state index < -0.39 is 5.97 Å². The van der Waals surface area contributed by atoms with Crippen LogP contribution >= 0.6 is 0 Å². The number of ether oxygens (including phenoxy) is 1. The molecule has 0 radical (unpaired) electrons. The van der Waals surface area contributed by atoms with E-state index >= 15 is 0 Å². The van der Waals surface area contributed by atoms with Crippen LogP contribution < -0.4 is 4.74 Å². The molecule has 17 heavy (non-hydrogen) atoms. The number of hydrogen-bond donors (Lipinski definition) is 1. The van der Waals surface area contributed by atoms with E-state index in [4.69, 9.17) is 9.84 Å². The van der Waals surface area contributed by atoms with Gasteiger partial charge in [-0.15, -0.1) is 0 Å². The van der Waals surface area contributed by atoms with Gasteiger partial charge in [-0.05, 0) is 51.3 Å². The lowest BCUT2D eigenvalue weighted by atomic mass is 10.1. The number of carboxylic acid groups (broad SMARTS) is 1. The third kappa shape index (κ3) is 5.95. The Morgan fingerprint density at radius 2 is 1.82 bits per heavy atom. The summed E-state index contributed by atoms with van der Waals surface area (Å²) in [7, 11) is 0.